The summed E-state index contributed by atoms with van der Waals surface area (Å²) in [4.78, 5) is 12.1. The lowest BCUT2D eigenvalue weighted by atomic mass is 10.1. The summed E-state index contributed by atoms with van der Waals surface area (Å²) in [5, 5.41) is 3.26. The van der Waals surface area contributed by atoms with Crippen LogP contribution in [0.5, 0.6) is 5.75 Å². The summed E-state index contributed by atoms with van der Waals surface area (Å²) >= 11 is 6.02. The molecule has 2 aromatic rings. The summed E-state index contributed by atoms with van der Waals surface area (Å²) < 4.78 is 5.67. The van der Waals surface area contributed by atoms with Crippen LogP contribution in [0.15, 0.2) is 42.5 Å². The van der Waals surface area contributed by atoms with Crippen molar-refractivity contribution in [2.75, 3.05) is 5.32 Å². The SMILES string of the molecule is Cc1ccc(O[C@H](C)C(=O)Nc2ccccc2Cl)cc1C. The quantitative estimate of drug-likeness (QED) is 0.911. The zero-order chi connectivity index (χ0) is 15.4. The standard InChI is InChI=1S/C17H18ClNO2/c1-11-8-9-14(10-12(11)2)21-13(3)17(20)19-16-7-5-4-6-15(16)18/h4-10,13H,1-3H3,(H,19,20)/t13-/m1/s1. The Bertz CT molecular complexity index is 655. The molecule has 0 aliphatic heterocycles. The highest BCUT2D eigenvalue weighted by molar-refractivity contribution is 6.33. The molecular weight excluding hydrogens is 286 g/mol. The van der Waals surface area contributed by atoms with Crippen molar-refractivity contribution in [2.45, 2.75) is 26.9 Å². The van der Waals surface area contributed by atoms with Crippen molar-refractivity contribution in [3.63, 3.8) is 0 Å². The number of hydrogen-bond acceptors (Lipinski definition) is 2. The van der Waals surface area contributed by atoms with Gasteiger partial charge in [0.15, 0.2) is 6.10 Å². The zero-order valence-corrected chi connectivity index (χ0v) is 13.1. The maximum Gasteiger partial charge on any atom is 0.265 e. The predicted octanol–water partition coefficient (Wildman–Crippen LogP) is 4.36. The van der Waals surface area contributed by atoms with Crippen LogP contribution in [0.4, 0.5) is 5.69 Å². The summed E-state index contributed by atoms with van der Waals surface area (Å²) in [6.45, 7) is 5.75. The second-order valence-corrected chi connectivity index (χ2v) is 5.38. The minimum Gasteiger partial charge on any atom is -0.481 e. The average molecular weight is 304 g/mol. The van der Waals surface area contributed by atoms with E-state index in [4.69, 9.17) is 16.3 Å². The van der Waals surface area contributed by atoms with Gasteiger partial charge >= 0.3 is 0 Å². The molecule has 4 heteroatoms. The van der Waals surface area contributed by atoms with E-state index in [0.717, 1.165) is 5.56 Å². The normalized spacial score (nSPS) is 11.8. The lowest BCUT2D eigenvalue weighted by Crippen LogP contribution is -2.30. The van der Waals surface area contributed by atoms with E-state index in [1.165, 1.54) is 5.56 Å². The molecule has 2 aromatic carbocycles. The van der Waals surface area contributed by atoms with Gasteiger partial charge in [0.05, 0.1) is 10.7 Å². The van der Waals surface area contributed by atoms with Gasteiger partial charge in [-0.2, -0.15) is 0 Å². The Kier molecular flexibility index (Phi) is 4.86. The van der Waals surface area contributed by atoms with Gasteiger partial charge in [-0.25, -0.2) is 0 Å². The van der Waals surface area contributed by atoms with Gasteiger partial charge in [-0.15, -0.1) is 0 Å². The third-order valence-corrected chi connectivity index (χ3v) is 3.62. The fourth-order valence-corrected chi connectivity index (χ4v) is 2.02. The summed E-state index contributed by atoms with van der Waals surface area (Å²) in [5.41, 5.74) is 2.90. The second kappa shape index (κ2) is 6.64. The minimum absolute atomic E-state index is 0.235. The highest BCUT2D eigenvalue weighted by Gasteiger charge is 2.16. The van der Waals surface area contributed by atoms with Crippen molar-refractivity contribution in [3.05, 3.63) is 58.6 Å². The molecule has 0 spiro atoms. The number of amides is 1. The lowest BCUT2D eigenvalue weighted by molar-refractivity contribution is -0.122. The first-order chi connectivity index (χ1) is 9.97. The van der Waals surface area contributed by atoms with E-state index < -0.39 is 6.10 Å². The predicted molar refractivity (Wildman–Crippen MR) is 86.1 cm³/mol. The smallest absolute Gasteiger partial charge is 0.265 e. The van der Waals surface area contributed by atoms with E-state index >= 15 is 0 Å². The third-order valence-electron chi connectivity index (χ3n) is 3.29. The van der Waals surface area contributed by atoms with Gasteiger partial charge in [0.2, 0.25) is 0 Å². The Morgan fingerprint density at radius 3 is 2.52 bits per heavy atom. The van der Waals surface area contributed by atoms with Crippen molar-refractivity contribution in [2.24, 2.45) is 0 Å². The number of carbonyl (C=O) groups is 1. The van der Waals surface area contributed by atoms with Crippen molar-refractivity contribution in [1.29, 1.82) is 0 Å². The molecule has 0 aliphatic rings. The number of para-hydroxylation sites is 1. The van der Waals surface area contributed by atoms with E-state index in [-0.39, 0.29) is 5.91 Å². The van der Waals surface area contributed by atoms with E-state index in [1.54, 1.807) is 19.1 Å². The molecule has 1 atom stereocenters. The van der Waals surface area contributed by atoms with Crippen LogP contribution in [0.2, 0.25) is 5.02 Å². The Hall–Kier alpha value is -2.00. The molecule has 1 N–H and O–H groups in total. The summed E-state index contributed by atoms with van der Waals surface area (Å²) in [7, 11) is 0. The summed E-state index contributed by atoms with van der Waals surface area (Å²) in [6, 6.07) is 12.9. The van der Waals surface area contributed by atoms with Crippen molar-refractivity contribution in [1.82, 2.24) is 0 Å². The number of ether oxygens (including phenoxy) is 1. The fraction of sp³-hybridized carbons (Fsp3) is 0.235. The Labute approximate surface area is 129 Å². The summed E-state index contributed by atoms with van der Waals surface area (Å²) in [6.07, 6.45) is -0.608. The van der Waals surface area contributed by atoms with Gasteiger partial charge in [-0.05, 0) is 56.2 Å². The van der Waals surface area contributed by atoms with Crippen molar-refractivity contribution < 1.29 is 9.53 Å². The molecule has 0 saturated heterocycles. The molecule has 1 amide bonds. The van der Waals surface area contributed by atoms with Crippen LogP contribution in [0.3, 0.4) is 0 Å². The fourth-order valence-electron chi connectivity index (χ4n) is 1.84. The van der Waals surface area contributed by atoms with E-state index in [2.05, 4.69) is 5.32 Å². The molecule has 0 fully saturated rings. The molecule has 0 saturated carbocycles. The van der Waals surface area contributed by atoms with Crippen LogP contribution in [0.1, 0.15) is 18.1 Å². The number of halogens is 1. The highest BCUT2D eigenvalue weighted by Crippen LogP contribution is 2.22. The third kappa shape index (κ3) is 3.99. The summed E-state index contributed by atoms with van der Waals surface area (Å²) in [5.74, 6) is 0.446. The van der Waals surface area contributed by atoms with Crippen LogP contribution >= 0.6 is 11.6 Å². The minimum atomic E-state index is -0.608. The van der Waals surface area contributed by atoms with Crippen LogP contribution in [0.25, 0.3) is 0 Å². The molecule has 0 aliphatic carbocycles. The number of hydrogen-bond donors (Lipinski definition) is 1. The Balaban J connectivity index is 2.02. The van der Waals surface area contributed by atoms with Gasteiger partial charge in [0, 0.05) is 0 Å². The maximum atomic E-state index is 12.1. The molecule has 0 radical (unpaired) electrons. The molecule has 2 rings (SSSR count). The van der Waals surface area contributed by atoms with E-state index in [9.17, 15) is 4.79 Å². The average Bonchev–Trinajstić information content (AvgIpc) is 2.45. The van der Waals surface area contributed by atoms with Crippen molar-refractivity contribution in [3.8, 4) is 5.75 Å². The monoisotopic (exact) mass is 303 g/mol. The second-order valence-electron chi connectivity index (χ2n) is 4.98. The molecule has 0 unspecified atom stereocenters. The first kappa shape index (κ1) is 15.4. The van der Waals surface area contributed by atoms with Gasteiger partial charge < -0.3 is 10.1 Å². The van der Waals surface area contributed by atoms with Gasteiger partial charge in [0.1, 0.15) is 5.75 Å². The van der Waals surface area contributed by atoms with Crippen LogP contribution in [-0.4, -0.2) is 12.0 Å². The lowest BCUT2D eigenvalue weighted by Gasteiger charge is -2.16. The number of rotatable bonds is 4. The van der Waals surface area contributed by atoms with E-state index in [1.807, 2.05) is 44.2 Å². The first-order valence-electron chi connectivity index (χ1n) is 6.76. The number of nitrogens with one attached hydrogen (secondary N) is 1. The molecule has 0 aromatic heterocycles. The number of benzene rings is 2. The number of carbonyl (C=O) groups excluding carboxylic acids is 1. The van der Waals surface area contributed by atoms with Crippen LogP contribution in [-0.2, 0) is 4.79 Å². The molecule has 0 bridgehead atoms. The molecule has 3 nitrogen and oxygen atoms in total. The van der Waals surface area contributed by atoms with Crippen LogP contribution < -0.4 is 10.1 Å². The first-order valence-corrected chi connectivity index (χ1v) is 7.14. The van der Waals surface area contributed by atoms with Crippen LogP contribution in [0, 0.1) is 13.8 Å². The van der Waals surface area contributed by atoms with Gasteiger partial charge in [-0.1, -0.05) is 29.8 Å². The highest BCUT2D eigenvalue weighted by atomic mass is 35.5. The number of aryl methyl sites for hydroxylation is 2. The largest absolute Gasteiger partial charge is 0.481 e. The Morgan fingerprint density at radius 1 is 1.14 bits per heavy atom. The Morgan fingerprint density at radius 2 is 1.86 bits per heavy atom. The molecular formula is C17H18ClNO2. The maximum absolute atomic E-state index is 12.1. The van der Waals surface area contributed by atoms with Crippen molar-refractivity contribution >= 4 is 23.2 Å². The zero-order valence-electron chi connectivity index (χ0n) is 12.3. The van der Waals surface area contributed by atoms with Gasteiger partial charge in [-0.3, -0.25) is 4.79 Å². The number of anilines is 1. The van der Waals surface area contributed by atoms with E-state index in [0.29, 0.717) is 16.5 Å². The topological polar surface area (TPSA) is 38.3 Å². The molecule has 110 valence electrons. The molecule has 21 heavy (non-hydrogen) atoms. The van der Waals surface area contributed by atoms with Gasteiger partial charge in [0.25, 0.3) is 5.91 Å². The molecule has 0 heterocycles.